The molecule has 2 amide bonds. The summed E-state index contributed by atoms with van der Waals surface area (Å²) < 4.78 is 0. The van der Waals surface area contributed by atoms with Gasteiger partial charge in [0.2, 0.25) is 11.8 Å². The molecule has 0 spiro atoms. The summed E-state index contributed by atoms with van der Waals surface area (Å²) in [6, 6.07) is 15.9. The van der Waals surface area contributed by atoms with E-state index in [0.717, 1.165) is 16.7 Å². The van der Waals surface area contributed by atoms with Crippen LogP contribution in [0, 0.1) is 0 Å². The third-order valence-corrected chi connectivity index (χ3v) is 5.46. The molecule has 3 rings (SSSR count). The fourth-order valence-corrected chi connectivity index (χ4v) is 3.69. The highest BCUT2D eigenvalue weighted by molar-refractivity contribution is 5.86. The number of benzene rings is 2. The third-order valence-electron chi connectivity index (χ3n) is 5.46. The van der Waals surface area contributed by atoms with Gasteiger partial charge in [-0.1, -0.05) is 54.6 Å². The Kier molecular flexibility index (Phi) is 7.93. The molecule has 1 aliphatic heterocycles. The largest absolute Gasteiger partial charge is 0.479 e. The minimum absolute atomic E-state index is 0.138. The number of nitrogens with one attached hydrogen (secondary N) is 4. The highest BCUT2D eigenvalue weighted by Crippen LogP contribution is 2.20. The van der Waals surface area contributed by atoms with E-state index in [4.69, 9.17) is 5.11 Å². The van der Waals surface area contributed by atoms with Crippen LogP contribution in [0.2, 0.25) is 0 Å². The van der Waals surface area contributed by atoms with E-state index in [1.165, 1.54) is 7.05 Å². The molecule has 9 nitrogen and oxygen atoms in total. The summed E-state index contributed by atoms with van der Waals surface area (Å²) in [6.07, 6.45) is -1.13. The van der Waals surface area contributed by atoms with E-state index in [1.54, 1.807) is 0 Å². The number of rotatable bonds is 9. The van der Waals surface area contributed by atoms with Crippen molar-refractivity contribution in [2.24, 2.45) is 0 Å². The summed E-state index contributed by atoms with van der Waals surface area (Å²) in [5, 5.41) is 24.3. The average molecular weight is 441 g/mol. The highest BCUT2D eigenvalue weighted by atomic mass is 16.4. The topological polar surface area (TPSA) is 140 Å². The Morgan fingerprint density at radius 2 is 1.56 bits per heavy atom. The molecule has 2 aromatic rings. The van der Waals surface area contributed by atoms with Crippen molar-refractivity contribution in [3.63, 3.8) is 0 Å². The van der Waals surface area contributed by atoms with Crippen LogP contribution in [0.15, 0.2) is 54.6 Å². The van der Waals surface area contributed by atoms with Gasteiger partial charge in [0.1, 0.15) is 12.1 Å². The predicted molar refractivity (Wildman–Crippen MR) is 118 cm³/mol. The summed E-state index contributed by atoms with van der Waals surface area (Å²) in [5.41, 5.74) is 8.59. The zero-order valence-corrected chi connectivity index (χ0v) is 17.7. The first-order valence-corrected chi connectivity index (χ1v) is 10.5. The second kappa shape index (κ2) is 10.9. The molecule has 0 radical (unpaired) electrons. The number of aliphatic carboxylic acids is 1. The fraction of sp³-hybridized carbons (Fsp3) is 0.348. The molecule has 0 bridgehead atoms. The van der Waals surface area contributed by atoms with Crippen LogP contribution in [0.5, 0.6) is 0 Å². The van der Waals surface area contributed by atoms with Crippen LogP contribution in [-0.4, -0.2) is 59.3 Å². The molecule has 1 fully saturated rings. The van der Waals surface area contributed by atoms with E-state index in [1.807, 2.05) is 54.6 Å². The molecule has 1 heterocycles. The lowest BCUT2D eigenvalue weighted by Crippen LogP contribution is -2.49. The summed E-state index contributed by atoms with van der Waals surface area (Å²) in [7, 11) is 1.52. The highest BCUT2D eigenvalue weighted by Gasteiger charge is 2.34. The molecule has 6 N–H and O–H groups in total. The van der Waals surface area contributed by atoms with Gasteiger partial charge in [-0.15, -0.1) is 0 Å². The summed E-state index contributed by atoms with van der Waals surface area (Å²) in [4.78, 5) is 35.6. The first kappa shape index (κ1) is 23.4. The molecule has 1 aliphatic rings. The van der Waals surface area contributed by atoms with Crippen LogP contribution in [0.4, 0.5) is 0 Å². The zero-order valence-electron chi connectivity index (χ0n) is 17.7. The van der Waals surface area contributed by atoms with Crippen molar-refractivity contribution in [2.45, 2.75) is 43.5 Å². The van der Waals surface area contributed by atoms with Crippen molar-refractivity contribution < 1.29 is 24.6 Å². The van der Waals surface area contributed by atoms with Gasteiger partial charge in [-0.25, -0.2) is 15.6 Å². The second-order valence-corrected chi connectivity index (χ2v) is 7.81. The number of likely N-dealkylation sites (N-methyl/N-ethyl adjacent to an activating group) is 1. The fourth-order valence-electron chi connectivity index (χ4n) is 3.69. The van der Waals surface area contributed by atoms with Crippen molar-refractivity contribution in [3.8, 4) is 11.1 Å². The number of hydrogen-bond acceptors (Lipinski definition) is 6. The van der Waals surface area contributed by atoms with Gasteiger partial charge in [0, 0.05) is 19.5 Å². The number of carboxylic acids is 1. The minimum atomic E-state index is -1.60. The van der Waals surface area contributed by atoms with Gasteiger partial charge in [0.15, 0.2) is 6.10 Å². The maximum absolute atomic E-state index is 12.7. The Labute approximate surface area is 186 Å². The molecule has 170 valence electrons. The molecule has 2 unspecified atom stereocenters. The van der Waals surface area contributed by atoms with Crippen LogP contribution in [0.3, 0.4) is 0 Å². The molecule has 2 aromatic carbocycles. The molecule has 1 saturated heterocycles. The van der Waals surface area contributed by atoms with E-state index in [2.05, 4.69) is 21.5 Å². The van der Waals surface area contributed by atoms with E-state index >= 15 is 0 Å². The van der Waals surface area contributed by atoms with Crippen LogP contribution < -0.4 is 21.5 Å². The molecule has 0 aromatic heterocycles. The van der Waals surface area contributed by atoms with Crippen molar-refractivity contribution in [1.82, 2.24) is 21.5 Å². The van der Waals surface area contributed by atoms with Crippen molar-refractivity contribution in [3.05, 3.63) is 60.2 Å². The Morgan fingerprint density at radius 1 is 0.969 bits per heavy atom. The number of carbonyl (C=O) groups excluding carboxylic acids is 2. The van der Waals surface area contributed by atoms with Crippen molar-refractivity contribution >= 4 is 17.8 Å². The number of aliphatic hydroxyl groups is 1. The summed E-state index contributed by atoms with van der Waals surface area (Å²) >= 11 is 0. The number of aliphatic hydroxyl groups excluding tert-OH is 1. The van der Waals surface area contributed by atoms with E-state index in [-0.39, 0.29) is 24.7 Å². The molecule has 32 heavy (non-hydrogen) atoms. The molecular weight excluding hydrogens is 412 g/mol. The first-order chi connectivity index (χ1) is 15.4. The molecule has 0 aliphatic carbocycles. The van der Waals surface area contributed by atoms with Crippen molar-refractivity contribution in [1.29, 1.82) is 0 Å². The van der Waals surface area contributed by atoms with Crippen LogP contribution in [-0.2, 0) is 20.8 Å². The Hall–Kier alpha value is -3.27. The molecule has 0 saturated carbocycles. The number of carboxylic acid groups (broad SMARTS) is 1. The average Bonchev–Trinajstić information content (AvgIpc) is 3.30. The van der Waals surface area contributed by atoms with Gasteiger partial charge in [-0.05, 0) is 29.5 Å². The van der Waals surface area contributed by atoms with Gasteiger partial charge < -0.3 is 20.8 Å². The lowest BCUT2D eigenvalue weighted by Gasteiger charge is -2.22. The first-order valence-electron chi connectivity index (χ1n) is 10.5. The predicted octanol–water partition coefficient (Wildman–Crippen LogP) is 0.198. The standard InChI is InChI=1S/C23H28N4O5/c1-24-21(29)18-13-19(27-26-18)22(30)25-17(12-20(28)23(31)32)11-14-7-9-16(10-8-14)15-5-3-2-4-6-15/h2-10,17-20,26-28H,11-13H2,1H3,(H,24,29)(H,25,30)(H,31,32)/t17-,18?,19?,20-/m1/s1. The normalized spacial score (nSPS) is 19.7. The van der Waals surface area contributed by atoms with E-state index in [0.29, 0.717) is 6.42 Å². The summed E-state index contributed by atoms with van der Waals surface area (Å²) in [5.74, 6) is -1.94. The Balaban J connectivity index is 1.67. The van der Waals surface area contributed by atoms with Gasteiger partial charge in [-0.3, -0.25) is 9.59 Å². The SMILES string of the molecule is CNC(=O)C1CC(C(=O)N[C@H](Cc2ccc(-c3ccccc3)cc2)C[C@@H](O)C(=O)O)NN1. The lowest BCUT2D eigenvalue weighted by molar-refractivity contribution is -0.147. The van der Waals surface area contributed by atoms with Gasteiger partial charge in [0.05, 0.1) is 0 Å². The zero-order chi connectivity index (χ0) is 23.1. The van der Waals surface area contributed by atoms with Gasteiger partial charge in [0.25, 0.3) is 0 Å². The number of hydrazine groups is 1. The minimum Gasteiger partial charge on any atom is -0.479 e. The number of carbonyl (C=O) groups is 3. The third kappa shape index (κ3) is 6.13. The smallest absolute Gasteiger partial charge is 0.332 e. The van der Waals surface area contributed by atoms with Gasteiger partial charge in [-0.2, -0.15) is 0 Å². The Bertz CT molecular complexity index is 935. The van der Waals surface area contributed by atoms with E-state index < -0.39 is 30.2 Å². The van der Waals surface area contributed by atoms with E-state index in [9.17, 15) is 19.5 Å². The molecule has 4 atom stereocenters. The maximum atomic E-state index is 12.7. The number of amides is 2. The summed E-state index contributed by atoms with van der Waals surface area (Å²) in [6.45, 7) is 0. The second-order valence-electron chi connectivity index (χ2n) is 7.81. The lowest BCUT2D eigenvalue weighted by atomic mass is 9.97. The molecular formula is C23H28N4O5. The van der Waals surface area contributed by atoms with Crippen LogP contribution >= 0.6 is 0 Å². The van der Waals surface area contributed by atoms with Crippen LogP contribution in [0.1, 0.15) is 18.4 Å². The monoisotopic (exact) mass is 440 g/mol. The Morgan fingerprint density at radius 3 is 2.16 bits per heavy atom. The van der Waals surface area contributed by atoms with Gasteiger partial charge >= 0.3 is 5.97 Å². The van der Waals surface area contributed by atoms with Crippen LogP contribution in [0.25, 0.3) is 11.1 Å². The molecule has 9 heteroatoms. The quantitative estimate of drug-likeness (QED) is 0.327. The van der Waals surface area contributed by atoms with Crippen molar-refractivity contribution in [2.75, 3.05) is 7.05 Å². The number of hydrogen-bond donors (Lipinski definition) is 6. The maximum Gasteiger partial charge on any atom is 0.332 e.